The van der Waals surface area contributed by atoms with Crippen LogP contribution < -0.4 is 5.32 Å². The van der Waals surface area contributed by atoms with Crippen molar-refractivity contribution >= 4 is 18.1 Å². The van der Waals surface area contributed by atoms with Crippen LogP contribution in [0, 0.1) is 4.77 Å². The third-order valence-corrected chi connectivity index (χ3v) is 4.26. The summed E-state index contributed by atoms with van der Waals surface area (Å²) in [6.07, 6.45) is 7.50. The first-order chi connectivity index (χ1) is 10.3. The Morgan fingerprint density at radius 3 is 2.62 bits per heavy atom. The van der Waals surface area contributed by atoms with E-state index in [-0.39, 0.29) is 5.91 Å². The van der Waals surface area contributed by atoms with E-state index in [0.29, 0.717) is 16.5 Å². The lowest BCUT2D eigenvalue weighted by atomic mass is 9.95. The number of rotatable bonds is 3. The zero-order valence-corrected chi connectivity index (χ0v) is 12.7. The number of carbonyl (C=O) groups excluding carboxylic acids is 1. The molecule has 5 heteroatoms. The Labute approximate surface area is 129 Å². The van der Waals surface area contributed by atoms with E-state index in [9.17, 15) is 4.79 Å². The average Bonchev–Trinajstić information content (AvgIpc) is 2.91. The van der Waals surface area contributed by atoms with Crippen molar-refractivity contribution < 1.29 is 4.79 Å². The smallest absolute Gasteiger partial charge is 0.270 e. The third-order valence-electron chi connectivity index (χ3n) is 3.96. The summed E-state index contributed by atoms with van der Waals surface area (Å²) >= 11 is 5.31. The molecule has 1 amide bonds. The molecule has 2 N–H and O–H groups in total. The molecule has 4 nitrogen and oxygen atoms in total. The molecule has 0 saturated heterocycles. The van der Waals surface area contributed by atoms with E-state index >= 15 is 0 Å². The van der Waals surface area contributed by atoms with E-state index in [1.807, 2.05) is 30.3 Å². The molecule has 1 aliphatic rings. The number of imidazole rings is 1. The van der Waals surface area contributed by atoms with Crippen molar-refractivity contribution in [1.82, 2.24) is 14.9 Å². The summed E-state index contributed by atoms with van der Waals surface area (Å²) in [6.45, 7) is 0. The third kappa shape index (κ3) is 3.08. The molecule has 3 rings (SSSR count). The molecule has 0 aliphatic heterocycles. The van der Waals surface area contributed by atoms with Crippen LogP contribution >= 0.6 is 12.2 Å². The minimum Gasteiger partial charge on any atom is -0.348 e. The molecule has 1 heterocycles. The topological polar surface area (TPSA) is 49.8 Å². The summed E-state index contributed by atoms with van der Waals surface area (Å²) < 4.78 is 2.32. The summed E-state index contributed by atoms with van der Waals surface area (Å²) in [7, 11) is 0. The molecule has 1 aromatic carbocycles. The van der Waals surface area contributed by atoms with Gasteiger partial charge in [0.2, 0.25) is 0 Å². The van der Waals surface area contributed by atoms with Crippen LogP contribution in [0.2, 0.25) is 0 Å². The molecule has 0 atom stereocenters. The van der Waals surface area contributed by atoms with Gasteiger partial charge in [0, 0.05) is 17.9 Å². The monoisotopic (exact) mass is 301 g/mol. The highest BCUT2D eigenvalue weighted by Gasteiger charge is 2.19. The number of amides is 1. The second-order valence-electron chi connectivity index (χ2n) is 5.46. The lowest BCUT2D eigenvalue weighted by molar-refractivity contribution is 0.0920. The number of carbonyl (C=O) groups is 1. The van der Waals surface area contributed by atoms with Gasteiger partial charge in [0.1, 0.15) is 5.69 Å². The zero-order valence-electron chi connectivity index (χ0n) is 11.8. The Morgan fingerprint density at radius 1 is 1.19 bits per heavy atom. The molecule has 0 unspecified atom stereocenters. The van der Waals surface area contributed by atoms with Crippen molar-refractivity contribution in [3.63, 3.8) is 0 Å². The molecule has 2 aromatic rings. The molecule has 0 bridgehead atoms. The van der Waals surface area contributed by atoms with Crippen LogP contribution in [0.4, 0.5) is 0 Å². The van der Waals surface area contributed by atoms with Crippen molar-refractivity contribution in [1.29, 1.82) is 0 Å². The number of nitrogens with one attached hydrogen (secondary N) is 2. The van der Waals surface area contributed by atoms with Gasteiger partial charge in [-0.2, -0.15) is 0 Å². The minimum atomic E-state index is -0.0573. The molecule has 1 aromatic heterocycles. The quantitative estimate of drug-likeness (QED) is 0.851. The van der Waals surface area contributed by atoms with Crippen LogP contribution in [0.15, 0.2) is 36.5 Å². The summed E-state index contributed by atoms with van der Waals surface area (Å²) in [5, 5.41) is 3.13. The molecular formula is C16H19N3OS. The highest BCUT2D eigenvalue weighted by Crippen LogP contribution is 2.18. The van der Waals surface area contributed by atoms with Gasteiger partial charge in [-0.25, -0.2) is 0 Å². The average molecular weight is 301 g/mol. The van der Waals surface area contributed by atoms with Gasteiger partial charge in [0.15, 0.2) is 4.77 Å². The van der Waals surface area contributed by atoms with Crippen LogP contribution in [-0.2, 0) is 0 Å². The normalized spacial score (nSPS) is 15.8. The van der Waals surface area contributed by atoms with Gasteiger partial charge in [0.25, 0.3) is 5.91 Å². The van der Waals surface area contributed by atoms with Crippen LogP contribution in [0.25, 0.3) is 5.69 Å². The zero-order chi connectivity index (χ0) is 14.7. The number of benzene rings is 1. The fourth-order valence-electron chi connectivity index (χ4n) is 2.88. The molecule has 1 saturated carbocycles. The summed E-state index contributed by atoms with van der Waals surface area (Å²) in [5.41, 5.74) is 1.47. The standard InChI is InChI=1S/C16H19N3OS/c20-15(18-12-7-3-1-4-8-12)14-11-17-16(21)19(14)13-9-5-2-6-10-13/h2,5-6,9-12H,1,3-4,7-8H2,(H,17,21)(H,18,20). The van der Waals surface area contributed by atoms with Gasteiger partial charge in [-0.05, 0) is 37.2 Å². The molecule has 1 aliphatic carbocycles. The van der Waals surface area contributed by atoms with Gasteiger partial charge >= 0.3 is 0 Å². The second kappa shape index (κ2) is 6.26. The molecule has 21 heavy (non-hydrogen) atoms. The summed E-state index contributed by atoms with van der Waals surface area (Å²) in [6, 6.07) is 10.0. The maximum atomic E-state index is 12.5. The van der Waals surface area contributed by atoms with Gasteiger partial charge < -0.3 is 10.3 Å². The first-order valence-corrected chi connectivity index (χ1v) is 7.83. The maximum absolute atomic E-state index is 12.5. The van der Waals surface area contributed by atoms with E-state index in [2.05, 4.69) is 10.3 Å². The molecule has 0 radical (unpaired) electrons. The molecule has 1 fully saturated rings. The Morgan fingerprint density at radius 2 is 1.90 bits per heavy atom. The van der Waals surface area contributed by atoms with Crippen LogP contribution in [0.5, 0.6) is 0 Å². The Hall–Kier alpha value is -1.88. The van der Waals surface area contributed by atoms with Gasteiger partial charge in [-0.15, -0.1) is 0 Å². The molecule has 0 spiro atoms. The van der Waals surface area contributed by atoms with E-state index in [4.69, 9.17) is 12.2 Å². The van der Waals surface area contributed by atoms with E-state index in [0.717, 1.165) is 18.5 Å². The SMILES string of the molecule is O=C(NC1CCCCC1)c1c[nH]c(=S)n1-c1ccccc1. The Balaban J connectivity index is 1.85. The van der Waals surface area contributed by atoms with Crippen LogP contribution in [0.3, 0.4) is 0 Å². The van der Waals surface area contributed by atoms with Crippen molar-refractivity contribution in [2.75, 3.05) is 0 Å². The number of para-hydroxylation sites is 1. The van der Waals surface area contributed by atoms with Gasteiger partial charge in [-0.1, -0.05) is 37.5 Å². The van der Waals surface area contributed by atoms with E-state index in [1.165, 1.54) is 19.3 Å². The number of H-pyrrole nitrogens is 1. The predicted octanol–water partition coefficient (Wildman–Crippen LogP) is 3.60. The predicted molar refractivity (Wildman–Crippen MR) is 85.3 cm³/mol. The highest BCUT2D eigenvalue weighted by molar-refractivity contribution is 7.71. The largest absolute Gasteiger partial charge is 0.348 e. The number of hydrogen-bond donors (Lipinski definition) is 2. The lowest BCUT2D eigenvalue weighted by Gasteiger charge is -2.22. The second-order valence-corrected chi connectivity index (χ2v) is 5.85. The van der Waals surface area contributed by atoms with Crippen molar-refractivity contribution in [3.8, 4) is 5.69 Å². The number of aromatic nitrogens is 2. The number of hydrogen-bond acceptors (Lipinski definition) is 2. The maximum Gasteiger partial charge on any atom is 0.270 e. The van der Waals surface area contributed by atoms with Crippen LogP contribution in [0.1, 0.15) is 42.6 Å². The van der Waals surface area contributed by atoms with Gasteiger partial charge in [-0.3, -0.25) is 9.36 Å². The molecule has 110 valence electrons. The number of nitrogens with zero attached hydrogens (tertiary/aromatic N) is 1. The van der Waals surface area contributed by atoms with Crippen molar-refractivity contribution in [3.05, 3.63) is 47.0 Å². The van der Waals surface area contributed by atoms with Crippen molar-refractivity contribution in [2.45, 2.75) is 38.1 Å². The van der Waals surface area contributed by atoms with E-state index < -0.39 is 0 Å². The van der Waals surface area contributed by atoms with Crippen LogP contribution in [-0.4, -0.2) is 21.5 Å². The minimum absolute atomic E-state index is 0.0573. The van der Waals surface area contributed by atoms with Gasteiger partial charge in [0.05, 0.1) is 0 Å². The lowest BCUT2D eigenvalue weighted by Crippen LogP contribution is -2.37. The fraction of sp³-hybridized carbons (Fsp3) is 0.375. The summed E-state index contributed by atoms with van der Waals surface area (Å²) in [5.74, 6) is -0.0573. The van der Waals surface area contributed by atoms with E-state index in [1.54, 1.807) is 10.8 Å². The first-order valence-electron chi connectivity index (χ1n) is 7.42. The number of aromatic amines is 1. The highest BCUT2D eigenvalue weighted by atomic mass is 32.1. The molecular weight excluding hydrogens is 282 g/mol. The summed E-state index contributed by atoms with van der Waals surface area (Å²) in [4.78, 5) is 15.5. The first kappa shape index (κ1) is 14.1. The Bertz CT molecular complexity index is 668. The van der Waals surface area contributed by atoms with Crippen molar-refractivity contribution in [2.24, 2.45) is 0 Å². The fourth-order valence-corrected chi connectivity index (χ4v) is 3.14. The Kier molecular flexibility index (Phi) is 4.20.